The lowest BCUT2D eigenvalue weighted by Crippen LogP contribution is -2.00. The number of hydrogen-bond donors (Lipinski definition) is 1. The van der Waals surface area contributed by atoms with Gasteiger partial charge in [-0.25, -0.2) is 4.39 Å². The van der Waals surface area contributed by atoms with E-state index in [9.17, 15) is 4.39 Å². The first-order valence-corrected chi connectivity index (χ1v) is 6.12. The first-order valence-electron chi connectivity index (χ1n) is 6.12. The minimum atomic E-state index is -0.362. The average Bonchev–Trinajstić information content (AvgIpc) is 2.65. The molecule has 0 bridgehead atoms. The minimum absolute atomic E-state index is 0.146. The highest BCUT2D eigenvalue weighted by molar-refractivity contribution is 5.74. The largest absolute Gasteiger partial charge is 0.496 e. The SMILES string of the molecule is COc1cccc(F)c1-c1nn(C)c(N)c1C(C)C. The number of halogens is 1. The van der Waals surface area contributed by atoms with Crippen LogP contribution in [-0.4, -0.2) is 16.9 Å². The van der Waals surface area contributed by atoms with Crippen LogP contribution in [-0.2, 0) is 7.05 Å². The second-order valence-corrected chi connectivity index (χ2v) is 4.74. The van der Waals surface area contributed by atoms with Crippen LogP contribution < -0.4 is 10.5 Å². The monoisotopic (exact) mass is 263 g/mol. The van der Waals surface area contributed by atoms with Crippen molar-refractivity contribution in [1.29, 1.82) is 0 Å². The van der Waals surface area contributed by atoms with Crippen molar-refractivity contribution < 1.29 is 9.13 Å². The molecular weight excluding hydrogens is 245 g/mol. The summed E-state index contributed by atoms with van der Waals surface area (Å²) in [6, 6.07) is 4.72. The highest BCUT2D eigenvalue weighted by Crippen LogP contribution is 2.38. The molecule has 0 radical (unpaired) electrons. The van der Waals surface area contributed by atoms with Gasteiger partial charge in [-0.2, -0.15) is 5.10 Å². The van der Waals surface area contributed by atoms with Crippen LogP contribution in [0.2, 0.25) is 0 Å². The normalized spacial score (nSPS) is 11.1. The predicted octanol–water partition coefficient (Wildman–Crippen LogP) is 2.94. The Hall–Kier alpha value is -2.04. The van der Waals surface area contributed by atoms with Gasteiger partial charge in [-0.3, -0.25) is 4.68 Å². The average molecular weight is 263 g/mol. The molecule has 4 nitrogen and oxygen atoms in total. The van der Waals surface area contributed by atoms with Gasteiger partial charge in [-0.05, 0) is 18.1 Å². The van der Waals surface area contributed by atoms with Gasteiger partial charge < -0.3 is 10.5 Å². The Labute approximate surface area is 112 Å². The summed E-state index contributed by atoms with van der Waals surface area (Å²) in [4.78, 5) is 0. The van der Waals surface area contributed by atoms with Crippen LogP contribution in [0.3, 0.4) is 0 Å². The number of nitrogens with zero attached hydrogens (tertiary/aromatic N) is 2. The van der Waals surface area contributed by atoms with Gasteiger partial charge in [-0.1, -0.05) is 19.9 Å². The van der Waals surface area contributed by atoms with E-state index in [-0.39, 0.29) is 11.7 Å². The van der Waals surface area contributed by atoms with E-state index in [0.717, 1.165) is 5.56 Å². The van der Waals surface area contributed by atoms with Crippen molar-refractivity contribution in [1.82, 2.24) is 9.78 Å². The topological polar surface area (TPSA) is 53.1 Å². The van der Waals surface area contributed by atoms with E-state index in [0.29, 0.717) is 22.8 Å². The third kappa shape index (κ3) is 2.16. The van der Waals surface area contributed by atoms with Crippen molar-refractivity contribution in [3.05, 3.63) is 29.6 Å². The van der Waals surface area contributed by atoms with E-state index in [1.165, 1.54) is 13.2 Å². The number of nitrogen functional groups attached to an aromatic ring is 1. The van der Waals surface area contributed by atoms with Gasteiger partial charge in [0.05, 0.1) is 12.7 Å². The molecule has 0 amide bonds. The zero-order valence-corrected chi connectivity index (χ0v) is 11.6. The Bertz CT molecular complexity index is 605. The van der Waals surface area contributed by atoms with Gasteiger partial charge in [0, 0.05) is 12.6 Å². The molecule has 2 aromatic rings. The lowest BCUT2D eigenvalue weighted by Gasteiger charge is -2.11. The molecule has 0 aliphatic heterocycles. The Kier molecular flexibility index (Phi) is 3.46. The summed E-state index contributed by atoms with van der Waals surface area (Å²) in [5.41, 5.74) is 7.77. The number of ether oxygens (including phenoxy) is 1. The van der Waals surface area contributed by atoms with E-state index >= 15 is 0 Å². The van der Waals surface area contributed by atoms with Gasteiger partial charge in [-0.15, -0.1) is 0 Å². The number of aromatic nitrogens is 2. The van der Waals surface area contributed by atoms with Crippen LogP contribution >= 0.6 is 0 Å². The molecule has 102 valence electrons. The summed E-state index contributed by atoms with van der Waals surface area (Å²) >= 11 is 0. The van der Waals surface area contributed by atoms with E-state index in [1.807, 2.05) is 13.8 Å². The van der Waals surface area contributed by atoms with E-state index in [4.69, 9.17) is 10.5 Å². The third-order valence-electron chi connectivity index (χ3n) is 3.14. The quantitative estimate of drug-likeness (QED) is 0.926. The van der Waals surface area contributed by atoms with Gasteiger partial charge in [0.15, 0.2) is 0 Å². The van der Waals surface area contributed by atoms with Gasteiger partial charge in [0.25, 0.3) is 0 Å². The van der Waals surface area contributed by atoms with Gasteiger partial charge in [0.2, 0.25) is 0 Å². The first kappa shape index (κ1) is 13.4. The number of rotatable bonds is 3. The molecule has 0 saturated heterocycles. The van der Waals surface area contributed by atoms with Crippen LogP contribution in [0.15, 0.2) is 18.2 Å². The Morgan fingerprint density at radius 3 is 2.63 bits per heavy atom. The van der Waals surface area contributed by atoms with Crippen LogP contribution in [0, 0.1) is 5.82 Å². The molecule has 0 atom stereocenters. The summed E-state index contributed by atoms with van der Waals surface area (Å²) in [6.07, 6.45) is 0. The maximum atomic E-state index is 14.1. The molecule has 0 aliphatic rings. The fraction of sp³-hybridized carbons (Fsp3) is 0.357. The smallest absolute Gasteiger partial charge is 0.136 e. The lowest BCUT2D eigenvalue weighted by molar-refractivity contribution is 0.413. The van der Waals surface area contributed by atoms with Crippen molar-refractivity contribution in [3.63, 3.8) is 0 Å². The van der Waals surface area contributed by atoms with Crippen molar-refractivity contribution in [3.8, 4) is 17.0 Å². The second-order valence-electron chi connectivity index (χ2n) is 4.74. The molecule has 0 aliphatic carbocycles. The molecule has 1 aromatic heterocycles. The summed E-state index contributed by atoms with van der Waals surface area (Å²) in [7, 11) is 3.26. The summed E-state index contributed by atoms with van der Waals surface area (Å²) in [5.74, 6) is 0.794. The maximum absolute atomic E-state index is 14.1. The summed E-state index contributed by atoms with van der Waals surface area (Å²) < 4.78 is 20.9. The standard InChI is InChI=1S/C14H18FN3O/c1-8(2)11-13(17-18(3)14(11)16)12-9(15)6-5-7-10(12)19-4/h5-8H,16H2,1-4H3. The molecule has 0 fully saturated rings. The molecular formula is C14H18FN3O. The van der Waals surface area contributed by atoms with E-state index < -0.39 is 0 Å². The zero-order valence-electron chi connectivity index (χ0n) is 11.6. The Balaban J connectivity index is 2.76. The van der Waals surface area contributed by atoms with Gasteiger partial charge >= 0.3 is 0 Å². The molecule has 1 heterocycles. The molecule has 2 rings (SSSR count). The molecule has 2 N–H and O–H groups in total. The fourth-order valence-corrected chi connectivity index (χ4v) is 2.21. The van der Waals surface area contributed by atoms with Crippen molar-refractivity contribution in [2.75, 3.05) is 12.8 Å². The highest BCUT2D eigenvalue weighted by atomic mass is 19.1. The molecule has 0 saturated carbocycles. The molecule has 5 heteroatoms. The fourth-order valence-electron chi connectivity index (χ4n) is 2.21. The van der Waals surface area contributed by atoms with Gasteiger partial charge in [0.1, 0.15) is 23.1 Å². The van der Waals surface area contributed by atoms with Crippen LogP contribution in [0.1, 0.15) is 25.3 Å². The number of nitrogens with two attached hydrogens (primary N) is 1. The second kappa shape index (κ2) is 4.91. The Morgan fingerprint density at radius 1 is 1.37 bits per heavy atom. The molecule has 0 unspecified atom stereocenters. The zero-order chi connectivity index (χ0) is 14.2. The molecule has 19 heavy (non-hydrogen) atoms. The highest BCUT2D eigenvalue weighted by Gasteiger charge is 2.23. The number of methoxy groups -OCH3 is 1. The first-order chi connectivity index (χ1) is 8.97. The number of hydrogen-bond acceptors (Lipinski definition) is 3. The molecule has 1 aromatic carbocycles. The van der Waals surface area contributed by atoms with E-state index in [1.54, 1.807) is 23.9 Å². The van der Waals surface area contributed by atoms with Crippen molar-refractivity contribution in [2.45, 2.75) is 19.8 Å². The number of anilines is 1. The van der Waals surface area contributed by atoms with Crippen LogP contribution in [0.4, 0.5) is 10.2 Å². The Morgan fingerprint density at radius 2 is 2.05 bits per heavy atom. The molecule has 0 spiro atoms. The lowest BCUT2D eigenvalue weighted by atomic mass is 9.98. The number of benzene rings is 1. The van der Waals surface area contributed by atoms with Crippen LogP contribution in [0.5, 0.6) is 5.75 Å². The van der Waals surface area contributed by atoms with Crippen molar-refractivity contribution in [2.24, 2.45) is 7.05 Å². The van der Waals surface area contributed by atoms with Crippen LogP contribution in [0.25, 0.3) is 11.3 Å². The van der Waals surface area contributed by atoms with Crippen molar-refractivity contribution >= 4 is 5.82 Å². The summed E-state index contributed by atoms with van der Waals surface area (Å²) in [5, 5.41) is 4.34. The predicted molar refractivity (Wildman–Crippen MR) is 73.7 cm³/mol. The van der Waals surface area contributed by atoms with E-state index in [2.05, 4.69) is 5.10 Å². The number of aryl methyl sites for hydroxylation is 1. The maximum Gasteiger partial charge on any atom is 0.136 e. The summed E-state index contributed by atoms with van der Waals surface area (Å²) in [6.45, 7) is 4.01. The third-order valence-corrected chi connectivity index (χ3v) is 3.14. The minimum Gasteiger partial charge on any atom is -0.496 e.